The molecule has 0 saturated carbocycles. The van der Waals surface area contributed by atoms with Gasteiger partial charge in [-0.2, -0.15) is 9.59 Å². The summed E-state index contributed by atoms with van der Waals surface area (Å²) in [7, 11) is 0. The number of fused-ring (bicyclic) bond motifs is 2. The van der Waals surface area contributed by atoms with Crippen LogP contribution in [0.2, 0.25) is 0 Å². The summed E-state index contributed by atoms with van der Waals surface area (Å²) in [4.78, 5) is 58.5. The SMILES string of the molecule is CC(=O)NC1Cc2ccc3[nH]c4ccc(cc4c3c2)CCCC[C@@H](C)NC(=O)[C@@H](CCCCC(=N)N)NC1=O.Cl.O=C=O. The first-order chi connectivity index (χ1) is 20.1. The number of amidine groups is 1. The van der Waals surface area contributed by atoms with Crippen LogP contribution in [0.3, 0.4) is 0 Å². The molecule has 1 aliphatic heterocycles. The van der Waals surface area contributed by atoms with E-state index in [-0.39, 0.29) is 42.3 Å². The standard InChI is InChI=1S/C30H40N6O3.CO2.ClH/c1-18-7-3-4-8-20-11-13-24-22(15-20)23-16-21(12-14-25(23)35-24)17-27(34-19(2)37)30(39)36-26(29(38)33-18)9-5-6-10-28(31)32;2-1-3;/h11-16,18,26-27,35H,3-10,17H2,1-2H3,(H3,31,32)(H,33,38)(H,34,37)(H,36,39);;1H/t18-,26-,27?;;/m1../s1. The van der Waals surface area contributed by atoms with Crippen LogP contribution in [0.5, 0.6) is 0 Å². The maximum absolute atomic E-state index is 13.5. The average molecular weight is 613 g/mol. The fourth-order valence-electron chi connectivity index (χ4n) is 5.36. The number of aromatic nitrogens is 1. The van der Waals surface area contributed by atoms with Crippen LogP contribution in [-0.2, 0) is 36.8 Å². The second-order valence-corrected chi connectivity index (χ2v) is 10.9. The number of nitrogens with two attached hydrogens (primary N) is 1. The number of amides is 3. The molecule has 0 radical (unpaired) electrons. The van der Waals surface area contributed by atoms with E-state index in [0.717, 1.165) is 53.1 Å². The van der Waals surface area contributed by atoms with E-state index >= 15 is 0 Å². The Morgan fingerprint density at radius 1 is 1.00 bits per heavy atom. The van der Waals surface area contributed by atoms with Gasteiger partial charge in [0.25, 0.3) is 0 Å². The molecule has 1 unspecified atom stereocenters. The lowest BCUT2D eigenvalue weighted by atomic mass is 9.99. The summed E-state index contributed by atoms with van der Waals surface area (Å²) in [5, 5.41) is 18.4. The lowest BCUT2D eigenvalue weighted by Crippen LogP contribution is -2.55. The number of benzene rings is 2. The predicted molar refractivity (Wildman–Crippen MR) is 167 cm³/mol. The molecule has 0 saturated heterocycles. The number of carbonyl (C=O) groups is 3. The number of aromatic amines is 1. The minimum absolute atomic E-state index is 0. The fraction of sp³-hybridized carbons (Fsp3) is 0.452. The number of hydrogen-bond acceptors (Lipinski definition) is 6. The van der Waals surface area contributed by atoms with Gasteiger partial charge in [0, 0.05) is 47.6 Å². The lowest BCUT2D eigenvalue weighted by Gasteiger charge is -2.24. The van der Waals surface area contributed by atoms with Crippen molar-refractivity contribution in [3.8, 4) is 0 Å². The topological polar surface area (TPSA) is 187 Å². The number of rotatable bonds is 6. The molecule has 0 spiro atoms. The second-order valence-electron chi connectivity index (χ2n) is 10.9. The first kappa shape index (κ1) is 35.0. The van der Waals surface area contributed by atoms with E-state index in [9.17, 15) is 14.4 Å². The molecule has 1 aromatic heterocycles. The molecule has 0 fully saturated rings. The molecule has 2 heterocycles. The molecule has 3 amide bonds. The van der Waals surface area contributed by atoms with Crippen molar-refractivity contribution < 1.29 is 24.0 Å². The van der Waals surface area contributed by atoms with Crippen LogP contribution in [0.15, 0.2) is 36.4 Å². The van der Waals surface area contributed by atoms with Gasteiger partial charge in [0.1, 0.15) is 12.1 Å². The summed E-state index contributed by atoms with van der Waals surface area (Å²) in [6.07, 6.45) is 6.49. The summed E-state index contributed by atoms with van der Waals surface area (Å²) < 4.78 is 0. The number of carbonyl (C=O) groups excluding carboxylic acids is 5. The summed E-state index contributed by atoms with van der Waals surface area (Å²) in [6.45, 7) is 3.37. The van der Waals surface area contributed by atoms with Gasteiger partial charge in [0.05, 0.1) is 5.84 Å². The highest BCUT2D eigenvalue weighted by Crippen LogP contribution is 2.28. The Bertz CT molecular complexity index is 1470. The number of unbranched alkanes of at least 4 members (excludes halogenated alkanes) is 1. The van der Waals surface area contributed by atoms with Crippen molar-refractivity contribution in [1.82, 2.24) is 20.9 Å². The monoisotopic (exact) mass is 612 g/mol. The summed E-state index contributed by atoms with van der Waals surface area (Å²) in [5.74, 6) is -0.834. The lowest BCUT2D eigenvalue weighted by molar-refractivity contribution is -0.191. The summed E-state index contributed by atoms with van der Waals surface area (Å²) in [6, 6.07) is 11.0. The molecule has 11 nitrogen and oxygen atoms in total. The fourth-order valence-corrected chi connectivity index (χ4v) is 5.36. The molecule has 0 aliphatic carbocycles. The van der Waals surface area contributed by atoms with Gasteiger partial charge in [-0.05, 0) is 74.4 Å². The van der Waals surface area contributed by atoms with Gasteiger partial charge in [-0.1, -0.05) is 25.0 Å². The van der Waals surface area contributed by atoms with Crippen molar-refractivity contribution in [3.63, 3.8) is 0 Å². The van der Waals surface area contributed by atoms with Crippen LogP contribution in [0.4, 0.5) is 0 Å². The molecule has 3 atom stereocenters. The minimum Gasteiger partial charge on any atom is -0.388 e. The van der Waals surface area contributed by atoms with Crippen LogP contribution >= 0.6 is 12.4 Å². The van der Waals surface area contributed by atoms with Crippen LogP contribution in [0.1, 0.15) is 69.9 Å². The molecule has 232 valence electrons. The molecular weight excluding hydrogens is 572 g/mol. The van der Waals surface area contributed by atoms with Gasteiger partial charge in [-0.3, -0.25) is 19.8 Å². The zero-order valence-electron chi connectivity index (χ0n) is 24.6. The first-order valence-corrected chi connectivity index (χ1v) is 14.3. The van der Waals surface area contributed by atoms with Crippen LogP contribution in [0.25, 0.3) is 21.8 Å². The number of hydrogen-bond donors (Lipinski definition) is 6. The Morgan fingerprint density at radius 3 is 2.26 bits per heavy atom. The van der Waals surface area contributed by atoms with E-state index in [1.807, 2.05) is 19.1 Å². The van der Waals surface area contributed by atoms with E-state index in [1.54, 1.807) is 0 Å². The third-order valence-electron chi connectivity index (χ3n) is 7.42. The maximum Gasteiger partial charge on any atom is 0.373 e. The number of nitrogens with one attached hydrogen (secondary N) is 5. The number of halogens is 1. The Hall–Kier alpha value is -4.21. The van der Waals surface area contributed by atoms with Gasteiger partial charge >= 0.3 is 6.15 Å². The van der Waals surface area contributed by atoms with Gasteiger partial charge < -0.3 is 26.7 Å². The van der Waals surface area contributed by atoms with Crippen molar-refractivity contribution in [2.24, 2.45) is 5.73 Å². The summed E-state index contributed by atoms with van der Waals surface area (Å²) in [5.41, 5.74) is 9.76. The zero-order chi connectivity index (χ0) is 30.6. The Morgan fingerprint density at radius 2 is 1.63 bits per heavy atom. The highest BCUT2D eigenvalue weighted by molar-refractivity contribution is 6.07. The van der Waals surface area contributed by atoms with Crippen LogP contribution in [0, 0.1) is 5.41 Å². The Kier molecular flexibility index (Phi) is 13.9. The van der Waals surface area contributed by atoms with E-state index in [1.165, 1.54) is 12.5 Å². The third kappa shape index (κ3) is 10.5. The molecule has 2 aromatic carbocycles. The molecule has 4 bridgehead atoms. The van der Waals surface area contributed by atoms with Gasteiger partial charge in [-0.25, -0.2) is 0 Å². The van der Waals surface area contributed by atoms with Crippen molar-refractivity contribution in [1.29, 1.82) is 5.41 Å². The average Bonchev–Trinajstić information content (AvgIpc) is 3.29. The van der Waals surface area contributed by atoms with E-state index in [2.05, 4.69) is 45.2 Å². The molecular formula is C31H41ClN6O5. The second kappa shape index (κ2) is 17.0. The largest absolute Gasteiger partial charge is 0.388 e. The van der Waals surface area contributed by atoms with E-state index < -0.39 is 18.0 Å². The van der Waals surface area contributed by atoms with Crippen molar-refractivity contribution >= 4 is 63.9 Å². The van der Waals surface area contributed by atoms with Gasteiger partial charge in [0.2, 0.25) is 17.7 Å². The molecule has 3 aromatic rings. The summed E-state index contributed by atoms with van der Waals surface area (Å²) >= 11 is 0. The first-order valence-electron chi connectivity index (χ1n) is 14.3. The highest BCUT2D eigenvalue weighted by atomic mass is 35.5. The maximum atomic E-state index is 13.5. The Labute approximate surface area is 257 Å². The van der Waals surface area contributed by atoms with Crippen molar-refractivity contribution in [2.45, 2.75) is 89.8 Å². The normalized spacial score (nSPS) is 19.3. The zero-order valence-corrected chi connectivity index (χ0v) is 25.4. The minimum atomic E-state index is -0.829. The smallest absolute Gasteiger partial charge is 0.373 e. The van der Waals surface area contributed by atoms with Crippen molar-refractivity contribution in [3.05, 3.63) is 47.5 Å². The molecule has 4 rings (SSSR count). The van der Waals surface area contributed by atoms with Crippen LogP contribution < -0.4 is 21.7 Å². The molecule has 1 aliphatic rings. The molecule has 7 N–H and O–H groups in total. The number of H-pyrrole nitrogens is 1. The van der Waals surface area contributed by atoms with Crippen molar-refractivity contribution in [2.75, 3.05) is 0 Å². The van der Waals surface area contributed by atoms with Crippen LogP contribution in [-0.4, -0.2) is 52.8 Å². The quantitative estimate of drug-likeness (QED) is 0.140. The third-order valence-corrected chi connectivity index (χ3v) is 7.42. The molecule has 12 heteroatoms. The highest BCUT2D eigenvalue weighted by Gasteiger charge is 2.27. The number of aryl methyl sites for hydroxylation is 1. The predicted octanol–water partition coefficient (Wildman–Crippen LogP) is 3.42. The van der Waals surface area contributed by atoms with Gasteiger partial charge in [-0.15, -0.1) is 12.4 Å². The molecule has 43 heavy (non-hydrogen) atoms. The van der Waals surface area contributed by atoms with E-state index in [4.69, 9.17) is 20.7 Å². The van der Waals surface area contributed by atoms with Gasteiger partial charge in [0.15, 0.2) is 0 Å². The van der Waals surface area contributed by atoms with E-state index in [0.29, 0.717) is 32.1 Å². The Balaban J connectivity index is 0.00000155.